The highest BCUT2D eigenvalue weighted by molar-refractivity contribution is 8.11. The molecule has 0 fully saturated rings. The van der Waals surface area contributed by atoms with Gasteiger partial charge in [0.15, 0.2) is 0 Å². The molecule has 1 heterocycles. The van der Waals surface area contributed by atoms with Gasteiger partial charge in [0.05, 0.1) is 11.7 Å². The predicted octanol–water partition coefficient (Wildman–Crippen LogP) is 0.860. The Labute approximate surface area is 39.8 Å². The lowest BCUT2D eigenvalue weighted by molar-refractivity contribution is 1.65. The Kier molecular flexibility index (Phi) is 1.10. The van der Waals surface area contributed by atoms with Crippen LogP contribution in [0.15, 0.2) is 15.6 Å². The van der Waals surface area contributed by atoms with Crippen molar-refractivity contribution in [1.82, 2.24) is 0 Å². The van der Waals surface area contributed by atoms with E-state index in [1.807, 2.05) is 0 Å². The Balaban J connectivity index is 2.78. The maximum atomic E-state index is 3.69. The zero-order valence-corrected chi connectivity index (χ0v) is 3.77. The predicted molar refractivity (Wildman–Crippen MR) is 28.1 cm³/mol. The van der Waals surface area contributed by atoms with Gasteiger partial charge >= 0.3 is 0 Å². The van der Waals surface area contributed by atoms with Crippen LogP contribution in [0.2, 0.25) is 0 Å². The Bertz CT molecular complexity index is 121. The van der Waals surface area contributed by atoms with Crippen LogP contribution in [0.25, 0.3) is 0 Å². The summed E-state index contributed by atoms with van der Waals surface area (Å²) in [5.41, 5.74) is 1.65. The van der Waals surface area contributed by atoms with Gasteiger partial charge in [0, 0.05) is 17.8 Å². The highest BCUT2D eigenvalue weighted by Gasteiger charge is 1.71. The fourth-order valence-electron chi connectivity index (χ4n) is 0.169. The molecule has 30 valence electrons. The van der Waals surface area contributed by atoms with Gasteiger partial charge in [-0.25, -0.2) is 4.99 Å². The molecule has 0 saturated carbocycles. The second kappa shape index (κ2) is 1.80. The van der Waals surface area contributed by atoms with Crippen LogP contribution >= 0.6 is 11.9 Å². The molecule has 0 spiro atoms. The molecule has 0 bridgehead atoms. The standard InChI is InChI=1S/C3H2N2S/c1-2-5-6-3-4-1/h1,3H. The fourth-order valence-corrected chi connectivity index (χ4v) is 0.439. The first kappa shape index (κ1) is 3.65. The van der Waals surface area contributed by atoms with Crippen molar-refractivity contribution in [3.8, 4) is 0 Å². The van der Waals surface area contributed by atoms with Crippen molar-refractivity contribution in [3.63, 3.8) is 0 Å². The molecule has 1 rings (SSSR count). The van der Waals surface area contributed by atoms with Gasteiger partial charge in [-0.05, 0) is 0 Å². The van der Waals surface area contributed by atoms with Crippen LogP contribution in [-0.4, -0.2) is 11.4 Å². The molecule has 0 aromatic rings. The molecular formula is C3H2N2S. The van der Waals surface area contributed by atoms with Gasteiger partial charge in [-0.1, -0.05) is 0 Å². The highest BCUT2D eigenvalue weighted by atomic mass is 32.2. The van der Waals surface area contributed by atoms with E-state index >= 15 is 0 Å². The second-order valence-corrected chi connectivity index (χ2v) is 1.31. The summed E-state index contributed by atoms with van der Waals surface area (Å²) in [7, 11) is 0. The number of rotatable bonds is 0. The van der Waals surface area contributed by atoms with Gasteiger partial charge in [0.2, 0.25) is 0 Å². The van der Waals surface area contributed by atoms with E-state index in [-0.39, 0.29) is 0 Å². The molecule has 0 unspecified atom stereocenters. The molecule has 1 aliphatic rings. The van der Waals surface area contributed by atoms with E-state index in [9.17, 15) is 0 Å². The lowest BCUT2D eigenvalue weighted by Crippen LogP contribution is -1.62. The lowest BCUT2D eigenvalue weighted by Gasteiger charge is -1.76. The van der Waals surface area contributed by atoms with Gasteiger partial charge in [-0.15, -0.1) is 0 Å². The summed E-state index contributed by atoms with van der Waals surface area (Å²) in [4.78, 5) is 3.69. The van der Waals surface area contributed by atoms with Crippen LogP contribution in [0.5, 0.6) is 0 Å². The minimum Gasteiger partial charge on any atom is -0.246 e. The SMILES string of the molecule is C1=CN=CSN=1. The first-order valence-electron chi connectivity index (χ1n) is 1.45. The first-order chi connectivity index (χ1) is 3.00. The van der Waals surface area contributed by atoms with Crippen LogP contribution in [-0.2, 0) is 0 Å². The van der Waals surface area contributed by atoms with Crippen LogP contribution in [0.3, 0.4) is 0 Å². The Morgan fingerprint density at radius 1 is 1.67 bits per heavy atom. The van der Waals surface area contributed by atoms with E-state index in [4.69, 9.17) is 0 Å². The molecule has 0 aromatic heterocycles. The summed E-state index contributed by atoms with van der Waals surface area (Å²) >= 11 is 1.29. The van der Waals surface area contributed by atoms with Gasteiger partial charge in [-0.2, -0.15) is 4.40 Å². The fraction of sp³-hybridized carbons (Fsp3) is 0. The van der Waals surface area contributed by atoms with Crippen molar-refractivity contribution in [2.24, 2.45) is 9.39 Å². The van der Waals surface area contributed by atoms with E-state index in [0.29, 0.717) is 0 Å². The smallest absolute Gasteiger partial charge is 0.0895 e. The quantitative estimate of drug-likeness (QED) is 0.412. The normalized spacial score (nSPS) is 16.0. The minimum absolute atomic E-state index is 1.29. The molecule has 2 nitrogen and oxygen atoms in total. The Morgan fingerprint density at radius 2 is 2.67 bits per heavy atom. The molecule has 1 aliphatic heterocycles. The minimum atomic E-state index is 1.29. The summed E-state index contributed by atoms with van der Waals surface area (Å²) in [6.07, 6.45) is 1.52. The molecule has 0 amide bonds. The first-order valence-corrected chi connectivity index (χ1v) is 2.28. The van der Waals surface area contributed by atoms with Crippen LogP contribution in [0, 0.1) is 0 Å². The molecule has 0 aliphatic carbocycles. The maximum Gasteiger partial charge on any atom is 0.0895 e. The largest absolute Gasteiger partial charge is 0.246 e. The molecule has 0 atom stereocenters. The summed E-state index contributed by atoms with van der Waals surface area (Å²) in [6, 6.07) is 0. The molecular weight excluding hydrogens is 96.1 g/mol. The van der Waals surface area contributed by atoms with Crippen molar-refractivity contribution in [2.45, 2.75) is 0 Å². The van der Waals surface area contributed by atoms with Gasteiger partial charge in [0.25, 0.3) is 0 Å². The Morgan fingerprint density at radius 3 is 2.83 bits per heavy atom. The van der Waals surface area contributed by atoms with E-state index in [0.717, 1.165) is 0 Å². The van der Waals surface area contributed by atoms with Crippen molar-refractivity contribution >= 4 is 23.4 Å². The van der Waals surface area contributed by atoms with E-state index in [1.165, 1.54) is 18.1 Å². The molecule has 0 saturated heterocycles. The van der Waals surface area contributed by atoms with E-state index < -0.39 is 0 Å². The van der Waals surface area contributed by atoms with Gasteiger partial charge in [0.1, 0.15) is 0 Å². The zero-order valence-electron chi connectivity index (χ0n) is 2.96. The number of nitrogens with zero attached hydrogens (tertiary/aromatic N) is 2. The van der Waals surface area contributed by atoms with Crippen molar-refractivity contribution < 1.29 is 0 Å². The average Bonchev–Trinajstić information content (AvgIpc) is 1.72. The molecule has 0 aromatic carbocycles. The average molecular weight is 98.1 g/mol. The summed E-state index contributed by atoms with van der Waals surface area (Å²) < 4.78 is 3.64. The number of hydrogen-bond donors (Lipinski definition) is 0. The third kappa shape index (κ3) is 0.708. The lowest BCUT2D eigenvalue weighted by atomic mass is 11.0. The summed E-state index contributed by atoms with van der Waals surface area (Å²) in [5, 5.41) is 0. The van der Waals surface area contributed by atoms with Crippen molar-refractivity contribution in [2.75, 3.05) is 0 Å². The Hall–Kier alpha value is -0.530. The highest BCUT2D eigenvalue weighted by Crippen LogP contribution is 1.95. The third-order valence-corrected chi connectivity index (χ3v) is 0.772. The number of hydrogen-bond acceptors (Lipinski definition) is 3. The van der Waals surface area contributed by atoms with Gasteiger partial charge < -0.3 is 0 Å². The molecule has 3 heteroatoms. The van der Waals surface area contributed by atoms with Crippen LogP contribution < -0.4 is 0 Å². The van der Waals surface area contributed by atoms with Crippen LogP contribution in [0.1, 0.15) is 0 Å². The molecule has 6 heavy (non-hydrogen) atoms. The monoisotopic (exact) mass is 98.0 g/mol. The summed E-state index contributed by atoms with van der Waals surface area (Å²) in [5.74, 6) is 2.55. The van der Waals surface area contributed by atoms with Crippen molar-refractivity contribution in [3.05, 3.63) is 6.20 Å². The third-order valence-electron chi connectivity index (χ3n) is 0.346. The van der Waals surface area contributed by atoms with E-state index in [2.05, 4.69) is 15.3 Å². The topological polar surface area (TPSA) is 24.7 Å². The second-order valence-electron chi connectivity index (χ2n) is 0.709. The number of aliphatic imine (C=N–C) groups is 1. The van der Waals surface area contributed by atoms with Crippen LogP contribution in [0.4, 0.5) is 0 Å². The summed E-state index contributed by atoms with van der Waals surface area (Å²) in [6.45, 7) is 0. The van der Waals surface area contributed by atoms with E-state index in [1.54, 1.807) is 5.55 Å². The molecule has 0 radical (unpaired) electrons. The maximum absolute atomic E-state index is 3.69. The van der Waals surface area contributed by atoms with Crippen molar-refractivity contribution in [1.29, 1.82) is 0 Å². The zero-order chi connectivity index (χ0) is 4.24. The van der Waals surface area contributed by atoms with Gasteiger partial charge in [-0.3, -0.25) is 0 Å². The molecule has 0 N–H and O–H groups in total.